The molecule has 1 amide bonds. The molecule has 2 aromatic rings. The van der Waals surface area contributed by atoms with Crippen LogP contribution in [-0.4, -0.2) is 40.3 Å². The van der Waals surface area contributed by atoms with Crippen LogP contribution in [0.3, 0.4) is 0 Å². The molecule has 1 aromatic heterocycles. The lowest BCUT2D eigenvalue weighted by Crippen LogP contribution is -2.32. The summed E-state index contributed by atoms with van der Waals surface area (Å²) in [6.45, 7) is 8.31. The molecule has 0 saturated carbocycles. The molecule has 25 heavy (non-hydrogen) atoms. The van der Waals surface area contributed by atoms with E-state index in [4.69, 9.17) is 9.47 Å². The van der Waals surface area contributed by atoms with E-state index in [1.54, 1.807) is 0 Å². The van der Waals surface area contributed by atoms with Gasteiger partial charge in [0.05, 0.1) is 12.1 Å². The maximum Gasteiger partial charge on any atom is 0.227 e. The SMILES string of the molecule is CCN(Cc1ccc2c(c1)OCCO2)C(=O)Cc1c(C)nn(C)c1C. The second kappa shape index (κ2) is 7.17. The van der Waals surface area contributed by atoms with Crippen molar-refractivity contribution in [2.75, 3.05) is 19.8 Å². The lowest BCUT2D eigenvalue weighted by molar-refractivity contribution is -0.130. The number of carbonyl (C=O) groups excluding carboxylic acids is 1. The summed E-state index contributed by atoms with van der Waals surface area (Å²) in [5.41, 5.74) is 4.03. The van der Waals surface area contributed by atoms with Gasteiger partial charge in [-0.2, -0.15) is 5.10 Å². The van der Waals surface area contributed by atoms with E-state index in [0.29, 0.717) is 32.7 Å². The molecule has 0 spiro atoms. The minimum atomic E-state index is 0.108. The summed E-state index contributed by atoms with van der Waals surface area (Å²) < 4.78 is 13.0. The Balaban J connectivity index is 1.72. The molecule has 1 aromatic carbocycles. The number of nitrogens with zero attached hydrogens (tertiary/aromatic N) is 3. The summed E-state index contributed by atoms with van der Waals surface area (Å²) in [4.78, 5) is 14.6. The number of hydrogen-bond acceptors (Lipinski definition) is 4. The molecule has 6 heteroatoms. The molecule has 0 atom stereocenters. The van der Waals surface area contributed by atoms with Gasteiger partial charge in [-0.05, 0) is 38.5 Å². The van der Waals surface area contributed by atoms with Crippen molar-refractivity contribution in [1.29, 1.82) is 0 Å². The van der Waals surface area contributed by atoms with Gasteiger partial charge in [-0.3, -0.25) is 9.48 Å². The Hall–Kier alpha value is -2.50. The highest BCUT2D eigenvalue weighted by Crippen LogP contribution is 2.31. The standard InChI is InChI=1S/C19H25N3O3/c1-5-22(19(23)11-16-13(2)20-21(4)14(16)3)12-15-6-7-17-18(10-15)25-9-8-24-17/h6-7,10H,5,8-9,11-12H2,1-4H3. The van der Waals surface area contributed by atoms with Crippen LogP contribution in [0.4, 0.5) is 0 Å². The van der Waals surface area contributed by atoms with E-state index < -0.39 is 0 Å². The van der Waals surface area contributed by atoms with Gasteiger partial charge in [-0.25, -0.2) is 0 Å². The fourth-order valence-electron chi connectivity index (χ4n) is 3.12. The van der Waals surface area contributed by atoms with Gasteiger partial charge in [0, 0.05) is 31.4 Å². The van der Waals surface area contributed by atoms with Crippen molar-refractivity contribution >= 4 is 5.91 Å². The summed E-state index contributed by atoms with van der Waals surface area (Å²) in [5, 5.41) is 4.40. The minimum absolute atomic E-state index is 0.108. The Kier molecular flexibility index (Phi) is 4.97. The topological polar surface area (TPSA) is 56.6 Å². The first-order valence-electron chi connectivity index (χ1n) is 8.65. The molecule has 1 aliphatic rings. The van der Waals surface area contributed by atoms with Gasteiger partial charge < -0.3 is 14.4 Å². The van der Waals surface area contributed by atoms with Crippen LogP contribution in [0.25, 0.3) is 0 Å². The third-order valence-corrected chi connectivity index (χ3v) is 4.70. The number of amides is 1. The number of benzene rings is 1. The van der Waals surface area contributed by atoms with Crippen LogP contribution in [-0.2, 0) is 24.8 Å². The molecule has 2 heterocycles. The Labute approximate surface area is 148 Å². The van der Waals surface area contributed by atoms with Crippen LogP contribution in [0.5, 0.6) is 11.5 Å². The van der Waals surface area contributed by atoms with E-state index >= 15 is 0 Å². The van der Waals surface area contributed by atoms with E-state index in [1.165, 1.54) is 0 Å². The molecule has 134 valence electrons. The van der Waals surface area contributed by atoms with E-state index in [1.807, 2.05) is 55.6 Å². The number of aromatic nitrogens is 2. The van der Waals surface area contributed by atoms with Gasteiger partial charge >= 0.3 is 0 Å². The maximum atomic E-state index is 12.8. The van der Waals surface area contributed by atoms with E-state index in [-0.39, 0.29) is 5.91 Å². The molecule has 0 radical (unpaired) electrons. The second-order valence-electron chi connectivity index (χ2n) is 6.34. The quantitative estimate of drug-likeness (QED) is 0.836. The van der Waals surface area contributed by atoms with Crippen molar-refractivity contribution < 1.29 is 14.3 Å². The Morgan fingerprint density at radius 2 is 1.96 bits per heavy atom. The fraction of sp³-hybridized carbons (Fsp3) is 0.474. The van der Waals surface area contributed by atoms with Gasteiger partial charge in [0.15, 0.2) is 11.5 Å². The predicted octanol–water partition coefficient (Wildman–Crippen LogP) is 2.40. The monoisotopic (exact) mass is 343 g/mol. The maximum absolute atomic E-state index is 12.8. The van der Waals surface area contributed by atoms with Crippen molar-refractivity contribution in [3.05, 3.63) is 40.7 Å². The molecule has 0 saturated heterocycles. The number of likely N-dealkylation sites (N-methyl/N-ethyl adjacent to an activating group) is 1. The summed E-state index contributed by atoms with van der Waals surface area (Å²) in [6, 6.07) is 5.87. The highest BCUT2D eigenvalue weighted by atomic mass is 16.6. The minimum Gasteiger partial charge on any atom is -0.486 e. The third-order valence-electron chi connectivity index (χ3n) is 4.70. The fourth-order valence-corrected chi connectivity index (χ4v) is 3.12. The summed E-state index contributed by atoms with van der Waals surface area (Å²) in [7, 11) is 1.91. The summed E-state index contributed by atoms with van der Waals surface area (Å²) >= 11 is 0. The van der Waals surface area contributed by atoms with Gasteiger partial charge in [0.2, 0.25) is 5.91 Å². The van der Waals surface area contributed by atoms with Crippen molar-refractivity contribution in [3.8, 4) is 11.5 Å². The van der Waals surface area contributed by atoms with Crippen LogP contribution in [0.2, 0.25) is 0 Å². The molecule has 0 fully saturated rings. The molecule has 0 aliphatic carbocycles. The van der Waals surface area contributed by atoms with Crippen molar-refractivity contribution in [3.63, 3.8) is 0 Å². The molecule has 1 aliphatic heterocycles. The average molecular weight is 343 g/mol. The summed E-state index contributed by atoms with van der Waals surface area (Å²) in [5.74, 6) is 1.63. The van der Waals surface area contributed by atoms with Crippen molar-refractivity contribution in [2.24, 2.45) is 7.05 Å². The number of rotatable bonds is 5. The van der Waals surface area contributed by atoms with Crippen LogP contribution >= 0.6 is 0 Å². The first-order valence-corrected chi connectivity index (χ1v) is 8.65. The number of fused-ring (bicyclic) bond motifs is 1. The van der Waals surface area contributed by atoms with Crippen LogP contribution in [0.15, 0.2) is 18.2 Å². The Bertz CT molecular complexity index is 782. The molecule has 3 rings (SSSR count). The van der Waals surface area contributed by atoms with Crippen LogP contribution in [0, 0.1) is 13.8 Å². The lowest BCUT2D eigenvalue weighted by atomic mass is 10.1. The van der Waals surface area contributed by atoms with Crippen molar-refractivity contribution in [1.82, 2.24) is 14.7 Å². The van der Waals surface area contributed by atoms with E-state index in [2.05, 4.69) is 5.10 Å². The average Bonchev–Trinajstić information content (AvgIpc) is 2.85. The molecule has 0 unspecified atom stereocenters. The number of ether oxygens (including phenoxy) is 2. The van der Waals surface area contributed by atoms with Gasteiger partial charge in [-0.15, -0.1) is 0 Å². The third kappa shape index (κ3) is 3.62. The highest BCUT2D eigenvalue weighted by Gasteiger charge is 2.19. The largest absolute Gasteiger partial charge is 0.486 e. The lowest BCUT2D eigenvalue weighted by Gasteiger charge is -2.23. The zero-order chi connectivity index (χ0) is 18.0. The normalized spacial score (nSPS) is 13.0. The van der Waals surface area contributed by atoms with Gasteiger partial charge in [-0.1, -0.05) is 6.07 Å². The second-order valence-corrected chi connectivity index (χ2v) is 6.34. The van der Waals surface area contributed by atoms with E-state index in [9.17, 15) is 4.79 Å². The smallest absolute Gasteiger partial charge is 0.227 e. The first kappa shape index (κ1) is 17.3. The summed E-state index contributed by atoms with van der Waals surface area (Å²) in [6.07, 6.45) is 0.379. The number of carbonyl (C=O) groups is 1. The van der Waals surface area contributed by atoms with Crippen LogP contribution in [0.1, 0.15) is 29.4 Å². The van der Waals surface area contributed by atoms with Crippen LogP contribution < -0.4 is 9.47 Å². The first-order chi connectivity index (χ1) is 12.0. The van der Waals surface area contributed by atoms with Crippen molar-refractivity contribution in [2.45, 2.75) is 33.7 Å². The number of hydrogen-bond donors (Lipinski definition) is 0. The molecular weight excluding hydrogens is 318 g/mol. The Morgan fingerprint density at radius 1 is 1.24 bits per heavy atom. The zero-order valence-corrected chi connectivity index (χ0v) is 15.3. The van der Waals surface area contributed by atoms with Gasteiger partial charge in [0.1, 0.15) is 13.2 Å². The van der Waals surface area contributed by atoms with E-state index in [0.717, 1.165) is 34.0 Å². The molecule has 6 nitrogen and oxygen atoms in total. The molecule has 0 bridgehead atoms. The predicted molar refractivity (Wildman–Crippen MR) is 94.9 cm³/mol. The molecule has 0 N–H and O–H groups in total. The number of aryl methyl sites for hydroxylation is 2. The molecular formula is C19H25N3O3. The van der Waals surface area contributed by atoms with Gasteiger partial charge in [0.25, 0.3) is 0 Å². The zero-order valence-electron chi connectivity index (χ0n) is 15.3. The Morgan fingerprint density at radius 3 is 2.60 bits per heavy atom. The highest BCUT2D eigenvalue weighted by molar-refractivity contribution is 5.79.